The number of rotatable bonds is 1. The predicted molar refractivity (Wildman–Crippen MR) is 56.9 cm³/mol. The summed E-state index contributed by atoms with van der Waals surface area (Å²) in [7, 11) is 1.63. The van der Waals surface area contributed by atoms with E-state index in [4.69, 9.17) is 0 Å². The molecule has 1 aliphatic rings. The molecule has 2 rings (SSSR count). The number of nitrogens with zero attached hydrogens (tertiary/aromatic N) is 2. The molecule has 2 nitrogen and oxygen atoms in total. The van der Waals surface area contributed by atoms with E-state index in [2.05, 4.69) is 4.98 Å². The Morgan fingerprint density at radius 2 is 1.87 bits per heavy atom. The van der Waals surface area contributed by atoms with E-state index < -0.39 is 6.43 Å². The number of hydrogen-bond donors (Lipinski definition) is 0. The van der Waals surface area contributed by atoms with Crippen molar-refractivity contribution in [3.8, 4) is 0 Å². The van der Waals surface area contributed by atoms with Gasteiger partial charge in [0.2, 0.25) is 0 Å². The normalized spacial score (nSPS) is 13.5. The van der Waals surface area contributed by atoms with Crippen LogP contribution in [0.5, 0.6) is 0 Å². The zero-order valence-corrected chi connectivity index (χ0v) is 9.30. The molecule has 0 radical (unpaired) electrons. The average molecular weight is 214 g/mol. The zero-order chi connectivity index (χ0) is 11.4. The van der Waals surface area contributed by atoms with Crippen LogP contribution in [0.2, 0.25) is 0 Å². The zero-order valence-electron chi connectivity index (χ0n) is 9.30. The van der Waals surface area contributed by atoms with E-state index in [1.54, 1.807) is 7.05 Å². The fraction of sp³-hybridized carbons (Fsp3) is 0.545. The molecule has 0 fully saturated rings. The minimum atomic E-state index is -2.49. The van der Waals surface area contributed by atoms with Gasteiger partial charge in [-0.3, -0.25) is 0 Å². The van der Waals surface area contributed by atoms with Crippen molar-refractivity contribution in [1.29, 1.82) is 0 Å². The maximum atomic E-state index is 12.4. The van der Waals surface area contributed by atoms with E-state index in [9.17, 15) is 8.78 Å². The van der Waals surface area contributed by atoms with Gasteiger partial charge < -0.3 is 4.57 Å². The standard InChI is InChI=1S/C9H10F2N2.C2H6/c1-13-7-5-3-2-4-6(7)12-9(13)8(10)11;1-2/h4-5,8H,2-3H2,1H3;1-2H3. The number of fused-ring (bicyclic) bond motifs is 1. The van der Waals surface area contributed by atoms with Gasteiger partial charge in [-0.25, -0.2) is 13.8 Å². The number of imidazole rings is 1. The Morgan fingerprint density at radius 1 is 1.27 bits per heavy atom. The molecule has 0 atom stereocenters. The van der Waals surface area contributed by atoms with Gasteiger partial charge in [0.25, 0.3) is 6.43 Å². The van der Waals surface area contributed by atoms with Gasteiger partial charge in [-0.2, -0.15) is 0 Å². The molecule has 1 aliphatic carbocycles. The first-order chi connectivity index (χ1) is 7.20. The van der Waals surface area contributed by atoms with E-state index >= 15 is 0 Å². The molecule has 1 aromatic rings. The maximum Gasteiger partial charge on any atom is 0.295 e. The Labute approximate surface area is 87.9 Å². The Bertz CT molecular complexity index is 432. The first-order valence-electron chi connectivity index (χ1n) is 5.21. The summed E-state index contributed by atoms with van der Waals surface area (Å²) in [4.78, 5) is 3.88. The quantitative estimate of drug-likeness (QED) is 0.696. The summed E-state index contributed by atoms with van der Waals surface area (Å²) in [6, 6.07) is 0. The molecular weight excluding hydrogens is 198 g/mol. The minimum absolute atomic E-state index is 0.139. The second-order valence-electron chi connectivity index (χ2n) is 3.09. The molecule has 0 aromatic carbocycles. The predicted octanol–water partition coefficient (Wildman–Crippen LogP) is 1.74. The van der Waals surface area contributed by atoms with Crippen molar-refractivity contribution in [2.24, 2.45) is 7.05 Å². The topological polar surface area (TPSA) is 17.8 Å². The smallest absolute Gasteiger partial charge is 0.295 e. The number of hydrogen-bond acceptors (Lipinski definition) is 1. The van der Waals surface area contributed by atoms with Crippen LogP contribution in [0.1, 0.15) is 38.9 Å². The molecular formula is C11H16F2N2. The van der Waals surface area contributed by atoms with E-state index in [0.29, 0.717) is 5.35 Å². The van der Waals surface area contributed by atoms with Crippen LogP contribution in [0.3, 0.4) is 0 Å². The van der Waals surface area contributed by atoms with Gasteiger partial charge >= 0.3 is 0 Å². The lowest BCUT2D eigenvalue weighted by molar-refractivity contribution is 0.136. The van der Waals surface area contributed by atoms with Crippen LogP contribution in [0, 0.1) is 0 Å². The van der Waals surface area contributed by atoms with E-state index in [1.165, 1.54) is 4.57 Å². The third-order valence-electron chi connectivity index (χ3n) is 2.24. The Balaban J connectivity index is 0.000000531. The highest BCUT2D eigenvalue weighted by atomic mass is 19.3. The molecule has 0 N–H and O–H groups in total. The fourth-order valence-corrected chi connectivity index (χ4v) is 1.58. The third kappa shape index (κ3) is 2.25. The van der Waals surface area contributed by atoms with Gasteiger partial charge in [-0.05, 0) is 12.8 Å². The van der Waals surface area contributed by atoms with E-state index in [-0.39, 0.29) is 5.82 Å². The second-order valence-corrected chi connectivity index (χ2v) is 3.09. The van der Waals surface area contributed by atoms with Crippen LogP contribution in [-0.4, -0.2) is 9.55 Å². The van der Waals surface area contributed by atoms with Gasteiger partial charge in [0.05, 0.1) is 10.7 Å². The fourth-order valence-electron chi connectivity index (χ4n) is 1.58. The lowest BCUT2D eigenvalue weighted by atomic mass is 10.2. The van der Waals surface area contributed by atoms with Crippen LogP contribution in [0.25, 0.3) is 12.2 Å². The molecule has 0 saturated heterocycles. The molecule has 0 unspecified atom stereocenters. The van der Waals surface area contributed by atoms with Crippen LogP contribution >= 0.6 is 0 Å². The Morgan fingerprint density at radius 3 is 2.40 bits per heavy atom. The van der Waals surface area contributed by atoms with Crippen LogP contribution in [-0.2, 0) is 7.05 Å². The van der Waals surface area contributed by atoms with Crippen LogP contribution < -0.4 is 10.7 Å². The maximum absolute atomic E-state index is 12.4. The number of halogens is 2. The summed E-state index contributed by atoms with van der Waals surface area (Å²) < 4.78 is 26.3. The van der Waals surface area contributed by atoms with Crippen molar-refractivity contribution in [3.63, 3.8) is 0 Å². The summed E-state index contributed by atoms with van der Waals surface area (Å²) in [5.74, 6) is -0.139. The molecule has 0 saturated carbocycles. The molecule has 1 heterocycles. The molecule has 0 aliphatic heterocycles. The van der Waals surface area contributed by atoms with Gasteiger partial charge in [0.15, 0.2) is 5.82 Å². The van der Waals surface area contributed by atoms with Crippen molar-refractivity contribution in [1.82, 2.24) is 9.55 Å². The Hall–Kier alpha value is -1.19. The summed E-state index contributed by atoms with van der Waals surface area (Å²) in [5, 5.41) is 1.52. The monoisotopic (exact) mass is 214 g/mol. The second kappa shape index (κ2) is 5.05. The third-order valence-corrected chi connectivity index (χ3v) is 2.24. The van der Waals surface area contributed by atoms with E-state index in [1.807, 2.05) is 26.0 Å². The highest BCUT2D eigenvalue weighted by Gasteiger charge is 2.15. The number of alkyl halides is 2. The minimum Gasteiger partial charge on any atom is -0.327 e. The summed E-state index contributed by atoms with van der Waals surface area (Å²) in [6.07, 6.45) is 3.18. The molecule has 0 spiro atoms. The van der Waals surface area contributed by atoms with E-state index in [0.717, 1.165) is 18.2 Å². The molecule has 15 heavy (non-hydrogen) atoms. The highest BCUT2D eigenvalue weighted by Crippen LogP contribution is 2.12. The first-order valence-corrected chi connectivity index (χ1v) is 5.21. The van der Waals surface area contributed by atoms with Gasteiger partial charge in [0.1, 0.15) is 0 Å². The van der Waals surface area contributed by atoms with Crippen LogP contribution in [0.4, 0.5) is 8.78 Å². The highest BCUT2D eigenvalue weighted by molar-refractivity contribution is 5.34. The summed E-state index contributed by atoms with van der Waals surface area (Å²) >= 11 is 0. The largest absolute Gasteiger partial charge is 0.327 e. The summed E-state index contributed by atoms with van der Waals surface area (Å²) in [6.45, 7) is 4.00. The van der Waals surface area contributed by atoms with Crippen molar-refractivity contribution in [2.75, 3.05) is 0 Å². The molecule has 1 aromatic heterocycles. The molecule has 4 heteroatoms. The first kappa shape index (κ1) is 11.9. The molecule has 0 bridgehead atoms. The molecule has 0 amide bonds. The lowest BCUT2D eigenvalue weighted by Crippen LogP contribution is -2.30. The average Bonchev–Trinajstić information content (AvgIpc) is 2.60. The lowest BCUT2D eigenvalue weighted by Gasteiger charge is -1.99. The SMILES string of the molecule is CC.Cn1c(C(F)F)nc2c1=CCCC=2. The van der Waals surface area contributed by atoms with Crippen molar-refractivity contribution in [3.05, 3.63) is 16.5 Å². The van der Waals surface area contributed by atoms with Crippen LogP contribution in [0.15, 0.2) is 0 Å². The molecule has 84 valence electrons. The van der Waals surface area contributed by atoms with Crippen molar-refractivity contribution in [2.45, 2.75) is 33.1 Å². The van der Waals surface area contributed by atoms with Crippen molar-refractivity contribution >= 4 is 12.2 Å². The van der Waals surface area contributed by atoms with Crippen molar-refractivity contribution < 1.29 is 8.78 Å². The number of aromatic nitrogens is 2. The Kier molecular flexibility index (Phi) is 4.00. The summed E-state index contributed by atoms with van der Waals surface area (Å²) in [5.41, 5.74) is 0. The van der Waals surface area contributed by atoms with Gasteiger partial charge in [-0.15, -0.1) is 0 Å². The van der Waals surface area contributed by atoms with Gasteiger partial charge in [0, 0.05) is 7.05 Å². The van der Waals surface area contributed by atoms with Gasteiger partial charge in [-0.1, -0.05) is 26.0 Å².